The van der Waals surface area contributed by atoms with Gasteiger partial charge in [-0.25, -0.2) is 4.79 Å². The Hall–Kier alpha value is -4.12. The number of fused-ring (bicyclic) bond motifs is 1. The van der Waals surface area contributed by atoms with E-state index in [2.05, 4.69) is 0 Å². The van der Waals surface area contributed by atoms with Gasteiger partial charge < -0.3 is 13.9 Å². The van der Waals surface area contributed by atoms with Gasteiger partial charge in [0.15, 0.2) is 5.43 Å². The Morgan fingerprint density at radius 1 is 0.933 bits per heavy atom. The lowest BCUT2D eigenvalue weighted by molar-refractivity contribution is -0.128. The van der Waals surface area contributed by atoms with E-state index in [0.717, 1.165) is 11.1 Å². The van der Waals surface area contributed by atoms with Gasteiger partial charge in [-0.2, -0.15) is 0 Å². The molecule has 5 nitrogen and oxygen atoms in total. The molecule has 0 saturated carbocycles. The molecule has 30 heavy (non-hydrogen) atoms. The van der Waals surface area contributed by atoms with Gasteiger partial charge in [0.05, 0.1) is 18.1 Å². The zero-order valence-corrected chi connectivity index (χ0v) is 16.2. The average molecular weight is 398 g/mol. The first-order valence-corrected chi connectivity index (χ1v) is 9.29. The molecule has 0 aliphatic rings. The Morgan fingerprint density at radius 2 is 1.67 bits per heavy atom. The normalized spacial score (nSPS) is 11.0. The first-order valence-electron chi connectivity index (χ1n) is 9.29. The molecule has 0 aliphatic heterocycles. The van der Waals surface area contributed by atoms with Gasteiger partial charge in [0.2, 0.25) is 0 Å². The summed E-state index contributed by atoms with van der Waals surface area (Å²) in [5, 5.41) is 0.406. The van der Waals surface area contributed by atoms with Crippen LogP contribution in [0.2, 0.25) is 0 Å². The second-order valence-electron chi connectivity index (χ2n) is 6.53. The fourth-order valence-electron chi connectivity index (χ4n) is 3.02. The van der Waals surface area contributed by atoms with E-state index >= 15 is 0 Å². The molecule has 3 aromatic carbocycles. The highest BCUT2D eigenvalue weighted by molar-refractivity contribution is 5.89. The van der Waals surface area contributed by atoms with Gasteiger partial charge in [-0.05, 0) is 41.5 Å². The van der Waals surface area contributed by atoms with Gasteiger partial charge in [0.1, 0.15) is 23.3 Å². The summed E-state index contributed by atoms with van der Waals surface area (Å²) in [4.78, 5) is 24.9. The minimum atomic E-state index is -0.518. The lowest BCUT2D eigenvalue weighted by atomic mass is 10.1. The van der Waals surface area contributed by atoms with Crippen LogP contribution in [0.1, 0.15) is 5.56 Å². The number of rotatable bonds is 5. The van der Waals surface area contributed by atoms with Crippen molar-refractivity contribution in [1.29, 1.82) is 0 Å². The molecule has 148 valence electrons. The van der Waals surface area contributed by atoms with Crippen LogP contribution in [0.25, 0.3) is 28.2 Å². The monoisotopic (exact) mass is 398 g/mol. The number of ether oxygens (including phenoxy) is 2. The third-order valence-corrected chi connectivity index (χ3v) is 4.58. The highest BCUT2D eigenvalue weighted by atomic mass is 16.5. The topological polar surface area (TPSA) is 65.7 Å². The highest BCUT2D eigenvalue weighted by Crippen LogP contribution is 2.24. The van der Waals surface area contributed by atoms with Crippen LogP contribution in [0.4, 0.5) is 0 Å². The number of carbonyl (C=O) groups excluding carboxylic acids is 1. The number of carbonyl (C=O) groups is 1. The molecule has 4 aromatic rings. The fraction of sp³-hybridized carbons (Fsp3) is 0.0400. The summed E-state index contributed by atoms with van der Waals surface area (Å²) in [5.74, 6) is 0.484. The van der Waals surface area contributed by atoms with Gasteiger partial charge in [0, 0.05) is 12.1 Å². The van der Waals surface area contributed by atoms with Crippen LogP contribution in [0.3, 0.4) is 0 Å². The Morgan fingerprint density at radius 3 is 2.40 bits per heavy atom. The third-order valence-electron chi connectivity index (χ3n) is 4.58. The maximum absolute atomic E-state index is 12.9. The molecule has 0 aliphatic carbocycles. The fourth-order valence-corrected chi connectivity index (χ4v) is 3.02. The van der Waals surface area contributed by atoms with Gasteiger partial charge in [-0.15, -0.1) is 0 Å². The predicted molar refractivity (Wildman–Crippen MR) is 116 cm³/mol. The second kappa shape index (κ2) is 8.49. The molecular weight excluding hydrogens is 380 g/mol. The molecule has 0 fully saturated rings. The molecule has 0 N–H and O–H groups in total. The highest BCUT2D eigenvalue weighted by Gasteiger charge is 2.11. The van der Waals surface area contributed by atoms with E-state index in [1.807, 2.05) is 30.3 Å². The minimum Gasteiger partial charge on any atom is -0.497 e. The molecule has 5 heteroatoms. The van der Waals surface area contributed by atoms with E-state index < -0.39 is 5.97 Å². The van der Waals surface area contributed by atoms with Crippen LogP contribution in [-0.4, -0.2) is 13.1 Å². The molecule has 0 atom stereocenters. The van der Waals surface area contributed by atoms with Crippen LogP contribution in [0.15, 0.2) is 94.3 Å². The molecule has 4 rings (SSSR count). The zero-order valence-electron chi connectivity index (χ0n) is 16.2. The number of hydrogen-bond acceptors (Lipinski definition) is 5. The van der Waals surface area contributed by atoms with E-state index in [9.17, 15) is 9.59 Å². The smallest absolute Gasteiger partial charge is 0.336 e. The number of esters is 1. The van der Waals surface area contributed by atoms with Crippen molar-refractivity contribution in [3.8, 4) is 22.6 Å². The van der Waals surface area contributed by atoms with Crippen molar-refractivity contribution in [3.05, 3.63) is 101 Å². The van der Waals surface area contributed by atoms with Gasteiger partial charge in [-0.1, -0.05) is 42.5 Å². The predicted octanol–water partition coefficient (Wildman–Crippen LogP) is 5.09. The van der Waals surface area contributed by atoms with E-state index in [-0.39, 0.29) is 5.43 Å². The number of hydrogen-bond donors (Lipinski definition) is 0. The van der Waals surface area contributed by atoms with Crippen molar-refractivity contribution in [3.63, 3.8) is 0 Å². The van der Waals surface area contributed by atoms with Crippen molar-refractivity contribution in [1.82, 2.24) is 0 Å². The lowest BCUT2D eigenvalue weighted by Crippen LogP contribution is -2.06. The van der Waals surface area contributed by atoms with E-state index in [1.54, 1.807) is 49.6 Å². The first-order chi connectivity index (χ1) is 14.6. The zero-order chi connectivity index (χ0) is 20.9. The Kier molecular flexibility index (Phi) is 5.44. The van der Waals surface area contributed by atoms with Crippen LogP contribution in [0.5, 0.6) is 11.5 Å². The van der Waals surface area contributed by atoms with Crippen molar-refractivity contribution in [2.45, 2.75) is 0 Å². The molecule has 0 unspecified atom stereocenters. The molecule has 1 heterocycles. The second-order valence-corrected chi connectivity index (χ2v) is 6.53. The van der Waals surface area contributed by atoms with Crippen molar-refractivity contribution < 1.29 is 18.7 Å². The summed E-state index contributed by atoms with van der Waals surface area (Å²) in [6.45, 7) is 0. The quantitative estimate of drug-likeness (QED) is 0.266. The number of methoxy groups -OCH3 is 1. The summed E-state index contributed by atoms with van der Waals surface area (Å²) in [6.07, 6.45) is 4.43. The standard InChI is InChI=1S/C25H18O5/c1-28-19-10-8-18(9-11-19)22-16-29-23-15-20(12-13-21(23)25(22)27)30-24(26)14-7-17-5-3-2-4-6-17/h2-16H,1H3. The van der Waals surface area contributed by atoms with Crippen LogP contribution in [0, 0.1) is 0 Å². The van der Waals surface area contributed by atoms with E-state index in [0.29, 0.717) is 28.0 Å². The molecule has 0 amide bonds. The lowest BCUT2D eigenvalue weighted by Gasteiger charge is -2.06. The largest absolute Gasteiger partial charge is 0.497 e. The minimum absolute atomic E-state index is 0.164. The van der Waals surface area contributed by atoms with Gasteiger partial charge >= 0.3 is 5.97 Å². The van der Waals surface area contributed by atoms with Crippen LogP contribution < -0.4 is 14.9 Å². The summed E-state index contributed by atoms with van der Waals surface area (Å²) >= 11 is 0. The summed E-state index contributed by atoms with van der Waals surface area (Å²) in [5.41, 5.74) is 2.25. The van der Waals surface area contributed by atoms with Crippen molar-refractivity contribution in [2.75, 3.05) is 7.11 Å². The molecule has 0 spiro atoms. The Bertz CT molecular complexity index is 1270. The molecule has 0 saturated heterocycles. The van der Waals surface area contributed by atoms with Crippen molar-refractivity contribution in [2.24, 2.45) is 0 Å². The first kappa shape index (κ1) is 19.2. The maximum atomic E-state index is 12.9. The Balaban J connectivity index is 1.56. The van der Waals surface area contributed by atoms with Crippen LogP contribution in [-0.2, 0) is 4.79 Å². The maximum Gasteiger partial charge on any atom is 0.336 e. The van der Waals surface area contributed by atoms with E-state index in [4.69, 9.17) is 13.9 Å². The molecule has 0 bridgehead atoms. The third kappa shape index (κ3) is 4.15. The van der Waals surface area contributed by atoms with Gasteiger partial charge in [0.25, 0.3) is 0 Å². The van der Waals surface area contributed by atoms with Crippen molar-refractivity contribution >= 4 is 23.0 Å². The summed E-state index contributed by atoms with van der Waals surface area (Å²) < 4.78 is 16.1. The van der Waals surface area contributed by atoms with Crippen LogP contribution >= 0.6 is 0 Å². The SMILES string of the molecule is COc1ccc(-c2coc3cc(OC(=O)C=Cc4ccccc4)ccc3c2=O)cc1. The van der Waals surface area contributed by atoms with E-state index in [1.165, 1.54) is 18.4 Å². The number of benzene rings is 3. The molecule has 1 aromatic heterocycles. The average Bonchev–Trinajstić information content (AvgIpc) is 2.79. The summed E-state index contributed by atoms with van der Waals surface area (Å²) in [6, 6.07) is 21.3. The summed E-state index contributed by atoms with van der Waals surface area (Å²) in [7, 11) is 1.58. The molecular formula is C25H18O5. The molecule has 0 radical (unpaired) electrons. The Labute approximate surface area is 172 Å². The van der Waals surface area contributed by atoms with Gasteiger partial charge in [-0.3, -0.25) is 4.79 Å².